The minimum atomic E-state index is -0.781. The van der Waals surface area contributed by atoms with Gasteiger partial charge in [-0.1, -0.05) is 69.4 Å². The maximum Gasteiger partial charge on any atom is 0.141 e. The molecule has 0 bridgehead atoms. The quantitative estimate of drug-likeness (QED) is 0.358. The molecule has 1 aliphatic carbocycles. The number of nitriles is 1. The summed E-state index contributed by atoms with van der Waals surface area (Å²) in [5.74, 6) is -0.376. The minimum absolute atomic E-state index is 0.0486. The number of alkyl halides is 1. The highest BCUT2D eigenvalue weighted by Crippen LogP contribution is 2.36. The van der Waals surface area contributed by atoms with Crippen LogP contribution in [0.25, 0.3) is 21.9 Å². The van der Waals surface area contributed by atoms with Crippen molar-refractivity contribution in [3.8, 4) is 17.2 Å². The Morgan fingerprint density at radius 3 is 2.48 bits per heavy atom. The summed E-state index contributed by atoms with van der Waals surface area (Å²) in [4.78, 5) is 0. The Hall–Kier alpha value is -2.73. The Labute approximate surface area is 183 Å². The summed E-state index contributed by atoms with van der Waals surface area (Å²) in [6.07, 6.45) is 7.60. The summed E-state index contributed by atoms with van der Waals surface area (Å²) in [6, 6.07) is 16.8. The molecule has 3 aromatic carbocycles. The van der Waals surface area contributed by atoms with Crippen LogP contribution in [0, 0.1) is 23.1 Å². The molecule has 0 saturated carbocycles. The lowest BCUT2D eigenvalue weighted by molar-refractivity contribution is 0.199. The van der Waals surface area contributed by atoms with Crippen molar-refractivity contribution in [1.82, 2.24) is 0 Å². The fourth-order valence-corrected chi connectivity index (χ4v) is 4.90. The maximum absolute atomic E-state index is 15.0. The highest BCUT2D eigenvalue weighted by Gasteiger charge is 2.29. The van der Waals surface area contributed by atoms with Crippen molar-refractivity contribution in [2.45, 2.75) is 64.5 Å². The van der Waals surface area contributed by atoms with Crippen molar-refractivity contribution in [2.24, 2.45) is 5.92 Å². The van der Waals surface area contributed by atoms with Gasteiger partial charge in [-0.2, -0.15) is 5.26 Å². The van der Waals surface area contributed by atoms with Crippen LogP contribution in [0.2, 0.25) is 0 Å². The molecular formula is C28H29F2N. The van der Waals surface area contributed by atoms with E-state index < -0.39 is 12.0 Å². The molecule has 0 saturated heterocycles. The molecule has 0 unspecified atom stereocenters. The normalized spacial score (nSPS) is 18.0. The van der Waals surface area contributed by atoms with E-state index in [4.69, 9.17) is 5.26 Å². The van der Waals surface area contributed by atoms with E-state index in [-0.39, 0.29) is 11.5 Å². The van der Waals surface area contributed by atoms with Gasteiger partial charge in [0.2, 0.25) is 0 Å². The molecule has 0 N–H and O–H groups in total. The number of halogens is 2. The SMILES string of the molecule is CCCCCCC[C@@H]1Cc2ccc3cc(-c4ccc(C#N)c(F)c4)ccc3c2C[C@H]1F. The fraction of sp³-hybridized carbons (Fsp3) is 0.393. The Kier molecular flexibility index (Phi) is 6.66. The van der Waals surface area contributed by atoms with Gasteiger partial charge in [-0.15, -0.1) is 0 Å². The number of nitrogens with zero attached hydrogens (tertiary/aromatic N) is 1. The van der Waals surface area contributed by atoms with E-state index in [1.165, 1.54) is 43.4 Å². The van der Waals surface area contributed by atoms with E-state index in [0.717, 1.165) is 46.7 Å². The molecule has 160 valence electrons. The summed E-state index contributed by atoms with van der Waals surface area (Å²) in [7, 11) is 0. The zero-order valence-corrected chi connectivity index (χ0v) is 18.1. The van der Waals surface area contributed by atoms with Crippen molar-refractivity contribution in [3.05, 3.63) is 71.0 Å². The largest absolute Gasteiger partial charge is 0.247 e. The topological polar surface area (TPSA) is 23.8 Å². The minimum Gasteiger partial charge on any atom is -0.247 e. The van der Waals surface area contributed by atoms with E-state index in [0.29, 0.717) is 6.42 Å². The lowest BCUT2D eigenvalue weighted by Crippen LogP contribution is -2.27. The predicted molar refractivity (Wildman–Crippen MR) is 123 cm³/mol. The first-order valence-corrected chi connectivity index (χ1v) is 11.5. The molecule has 0 amide bonds. The van der Waals surface area contributed by atoms with E-state index in [1.807, 2.05) is 24.3 Å². The molecule has 1 aliphatic rings. The number of hydrogen-bond acceptors (Lipinski definition) is 1. The van der Waals surface area contributed by atoms with E-state index >= 15 is 4.39 Å². The number of rotatable bonds is 7. The molecule has 0 radical (unpaired) electrons. The molecule has 0 aromatic heterocycles. The van der Waals surface area contributed by atoms with Gasteiger partial charge in [0.15, 0.2) is 0 Å². The first kappa shape index (κ1) is 21.5. The van der Waals surface area contributed by atoms with Gasteiger partial charge in [-0.05, 0) is 70.0 Å². The second-order valence-electron chi connectivity index (χ2n) is 8.83. The molecule has 0 fully saturated rings. The number of hydrogen-bond donors (Lipinski definition) is 0. The maximum atomic E-state index is 15.0. The van der Waals surface area contributed by atoms with Crippen molar-refractivity contribution in [1.29, 1.82) is 5.26 Å². The van der Waals surface area contributed by atoms with Gasteiger partial charge in [0.25, 0.3) is 0 Å². The smallest absolute Gasteiger partial charge is 0.141 e. The Morgan fingerprint density at radius 1 is 0.935 bits per heavy atom. The van der Waals surface area contributed by atoms with Crippen molar-refractivity contribution in [2.75, 3.05) is 0 Å². The molecule has 4 rings (SSSR count). The number of benzene rings is 3. The molecule has 1 nitrogen and oxygen atoms in total. The molecule has 3 aromatic rings. The third-order valence-corrected chi connectivity index (χ3v) is 6.72. The fourth-order valence-electron chi connectivity index (χ4n) is 4.90. The van der Waals surface area contributed by atoms with Crippen LogP contribution in [0.4, 0.5) is 8.78 Å². The molecule has 3 heteroatoms. The van der Waals surface area contributed by atoms with Crippen LogP contribution in [0.1, 0.15) is 62.1 Å². The monoisotopic (exact) mass is 417 g/mol. The average Bonchev–Trinajstić information content (AvgIpc) is 2.78. The average molecular weight is 418 g/mol. The number of unbranched alkanes of at least 4 members (excludes halogenated alkanes) is 4. The molecule has 0 aliphatic heterocycles. The first-order valence-electron chi connectivity index (χ1n) is 11.5. The predicted octanol–water partition coefficient (Wildman–Crippen LogP) is 7.93. The van der Waals surface area contributed by atoms with Crippen molar-refractivity contribution >= 4 is 10.8 Å². The van der Waals surface area contributed by atoms with Gasteiger partial charge in [0.1, 0.15) is 18.1 Å². The van der Waals surface area contributed by atoms with E-state index in [1.54, 1.807) is 6.07 Å². The van der Waals surface area contributed by atoms with Crippen LogP contribution >= 0.6 is 0 Å². The van der Waals surface area contributed by atoms with Crippen molar-refractivity contribution < 1.29 is 8.78 Å². The van der Waals surface area contributed by atoms with E-state index in [9.17, 15) is 4.39 Å². The summed E-state index contributed by atoms with van der Waals surface area (Å²) < 4.78 is 29.1. The summed E-state index contributed by atoms with van der Waals surface area (Å²) in [6.45, 7) is 2.21. The van der Waals surface area contributed by atoms with Crippen LogP contribution in [0.5, 0.6) is 0 Å². The lowest BCUT2D eigenvalue weighted by atomic mass is 9.78. The molecule has 0 heterocycles. The summed E-state index contributed by atoms with van der Waals surface area (Å²) in [5, 5.41) is 11.1. The van der Waals surface area contributed by atoms with Crippen LogP contribution < -0.4 is 0 Å². The van der Waals surface area contributed by atoms with Crippen LogP contribution in [-0.4, -0.2) is 6.17 Å². The Bertz CT molecular complexity index is 1110. The molecule has 31 heavy (non-hydrogen) atoms. The van der Waals surface area contributed by atoms with Crippen LogP contribution in [-0.2, 0) is 12.8 Å². The molecule has 0 spiro atoms. The van der Waals surface area contributed by atoms with Crippen molar-refractivity contribution in [3.63, 3.8) is 0 Å². The lowest BCUT2D eigenvalue weighted by Gasteiger charge is -2.29. The van der Waals surface area contributed by atoms with Gasteiger partial charge in [-0.25, -0.2) is 8.78 Å². The zero-order valence-electron chi connectivity index (χ0n) is 18.1. The third-order valence-electron chi connectivity index (χ3n) is 6.72. The Balaban J connectivity index is 1.55. The third kappa shape index (κ3) is 4.64. The van der Waals surface area contributed by atoms with Crippen LogP contribution in [0.3, 0.4) is 0 Å². The summed E-state index contributed by atoms with van der Waals surface area (Å²) in [5.41, 5.74) is 4.09. The second-order valence-corrected chi connectivity index (χ2v) is 8.83. The first-order chi connectivity index (χ1) is 15.1. The van der Waals surface area contributed by atoms with Crippen LogP contribution in [0.15, 0.2) is 48.5 Å². The molecule has 2 atom stereocenters. The number of fused-ring (bicyclic) bond motifs is 3. The standard InChI is InChI=1S/C28H29F2N/c1-2-3-4-5-6-7-23-15-22-10-9-21-14-19(12-13-25(21)26(22)17-28(23)30)20-8-11-24(18-31)27(29)16-20/h8-14,16,23,28H,2-7,15,17H2,1H3/t23-,28-/m1/s1. The van der Waals surface area contributed by atoms with Gasteiger partial charge in [0.05, 0.1) is 5.56 Å². The van der Waals surface area contributed by atoms with E-state index in [2.05, 4.69) is 19.1 Å². The van der Waals surface area contributed by atoms with Gasteiger partial charge >= 0.3 is 0 Å². The van der Waals surface area contributed by atoms with Gasteiger partial charge < -0.3 is 0 Å². The zero-order chi connectivity index (χ0) is 21.8. The van der Waals surface area contributed by atoms with Gasteiger partial charge in [-0.3, -0.25) is 0 Å². The second kappa shape index (κ2) is 9.60. The Morgan fingerprint density at radius 2 is 1.71 bits per heavy atom. The highest BCUT2D eigenvalue weighted by molar-refractivity contribution is 5.91. The van der Waals surface area contributed by atoms with Gasteiger partial charge in [0, 0.05) is 6.42 Å². The molecular weight excluding hydrogens is 388 g/mol. The summed E-state index contributed by atoms with van der Waals surface area (Å²) >= 11 is 0. The highest BCUT2D eigenvalue weighted by atomic mass is 19.1.